The average Bonchev–Trinajstić information content (AvgIpc) is 2.44. The number of hydrogen-bond donors (Lipinski definition) is 2. The molecule has 0 aromatic heterocycles. The molecule has 0 fully saturated rings. The van der Waals surface area contributed by atoms with E-state index in [1.165, 1.54) is 6.07 Å². The van der Waals surface area contributed by atoms with Crippen molar-refractivity contribution in [3.05, 3.63) is 65.5 Å². The van der Waals surface area contributed by atoms with Gasteiger partial charge in [0.25, 0.3) is 0 Å². The molecular formula is C16H17FN2O. The predicted octanol–water partition coefficient (Wildman–Crippen LogP) is 2.95. The summed E-state index contributed by atoms with van der Waals surface area (Å²) in [6.07, 6.45) is 0. The molecule has 0 saturated carbocycles. The second-order valence-corrected chi connectivity index (χ2v) is 4.93. The lowest BCUT2D eigenvalue weighted by Crippen LogP contribution is -2.45. The second kappa shape index (κ2) is 5.43. The molecule has 1 atom stereocenters. The molecule has 104 valence electrons. The van der Waals surface area contributed by atoms with Crippen LogP contribution in [0.5, 0.6) is 0 Å². The lowest BCUT2D eigenvalue weighted by atomic mass is 9.92. The average molecular weight is 272 g/mol. The third-order valence-corrected chi connectivity index (χ3v) is 3.36. The predicted molar refractivity (Wildman–Crippen MR) is 77.7 cm³/mol. The molecule has 0 spiro atoms. The summed E-state index contributed by atoms with van der Waals surface area (Å²) in [5, 5.41) is 2.69. The molecule has 0 aliphatic carbocycles. The summed E-state index contributed by atoms with van der Waals surface area (Å²) in [6.45, 7) is 3.24. The van der Waals surface area contributed by atoms with Crippen molar-refractivity contribution >= 4 is 11.6 Å². The topological polar surface area (TPSA) is 55.1 Å². The number of halogens is 1. The van der Waals surface area contributed by atoms with Crippen molar-refractivity contribution in [1.29, 1.82) is 0 Å². The van der Waals surface area contributed by atoms with Crippen molar-refractivity contribution in [3.8, 4) is 0 Å². The third-order valence-electron chi connectivity index (χ3n) is 3.36. The van der Waals surface area contributed by atoms with E-state index >= 15 is 0 Å². The number of rotatable bonds is 3. The number of benzene rings is 2. The molecule has 0 aliphatic rings. The van der Waals surface area contributed by atoms with Gasteiger partial charge in [-0.05, 0) is 31.5 Å². The van der Waals surface area contributed by atoms with Gasteiger partial charge in [-0.25, -0.2) is 4.39 Å². The molecule has 0 bridgehead atoms. The Balaban J connectivity index is 2.26. The Morgan fingerprint density at radius 3 is 2.45 bits per heavy atom. The monoisotopic (exact) mass is 272 g/mol. The number of hydrogen-bond acceptors (Lipinski definition) is 2. The Labute approximate surface area is 117 Å². The smallest absolute Gasteiger partial charge is 0.248 e. The van der Waals surface area contributed by atoms with E-state index in [0.717, 1.165) is 0 Å². The molecular weight excluding hydrogens is 255 g/mol. The Morgan fingerprint density at radius 1 is 1.15 bits per heavy atom. The lowest BCUT2D eigenvalue weighted by molar-refractivity contribution is -0.120. The lowest BCUT2D eigenvalue weighted by Gasteiger charge is -2.24. The van der Waals surface area contributed by atoms with E-state index in [0.29, 0.717) is 16.8 Å². The highest BCUT2D eigenvalue weighted by atomic mass is 19.1. The van der Waals surface area contributed by atoms with Crippen molar-refractivity contribution in [2.24, 2.45) is 5.73 Å². The highest BCUT2D eigenvalue weighted by molar-refractivity contribution is 5.98. The molecule has 2 aromatic carbocycles. The van der Waals surface area contributed by atoms with Crippen molar-refractivity contribution < 1.29 is 9.18 Å². The summed E-state index contributed by atoms with van der Waals surface area (Å²) < 4.78 is 13.5. The van der Waals surface area contributed by atoms with Gasteiger partial charge in [-0.1, -0.05) is 36.4 Å². The van der Waals surface area contributed by atoms with Crippen LogP contribution in [0, 0.1) is 12.7 Å². The van der Waals surface area contributed by atoms with Crippen LogP contribution < -0.4 is 11.1 Å². The van der Waals surface area contributed by atoms with Gasteiger partial charge in [-0.3, -0.25) is 4.79 Å². The standard InChI is InChI=1S/C16H17FN2O/c1-11-13(17)9-6-10-14(11)19-15(20)16(2,18)12-7-4-3-5-8-12/h3-10H,18H2,1-2H3,(H,19,20). The fraction of sp³-hybridized carbons (Fsp3) is 0.188. The van der Waals surface area contributed by atoms with Crippen molar-refractivity contribution in [3.63, 3.8) is 0 Å². The minimum atomic E-state index is -1.18. The maximum absolute atomic E-state index is 13.5. The quantitative estimate of drug-likeness (QED) is 0.902. The first-order chi connectivity index (χ1) is 9.43. The van der Waals surface area contributed by atoms with Crippen LogP contribution in [-0.4, -0.2) is 5.91 Å². The summed E-state index contributed by atoms with van der Waals surface area (Å²) in [5.74, 6) is -0.737. The second-order valence-electron chi connectivity index (χ2n) is 4.93. The van der Waals surface area contributed by atoms with Gasteiger partial charge in [-0.2, -0.15) is 0 Å². The molecule has 3 N–H and O–H groups in total. The van der Waals surface area contributed by atoms with Gasteiger partial charge in [0.1, 0.15) is 11.4 Å². The zero-order chi connectivity index (χ0) is 14.8. The molecule has 1 amide bonds. The van der Waals surface area contributed by atoms with Gasteiger partial charge in [0, 0.05) is 11.3 Å². The zero-order valence-corrected chi connectivity index (χ0v) is 11.5. The summed E-state index contributed by atoms with van der Waals surface area (Å²) in [7, 11) is 0. The fourth-order valence-electron chi connectivity index (χ4n) is 1.91. The van der Waals surface area contributed by atoms with Crippen molar-refractivity contribution in [2.45, 2.75) is 19.4 Å². The van der Waals surface area contributed by atoms with Crippen molar-refractivity contribution in [1.82, 2.24) is 0 Å². The first kappa shape index (κ1) is 14.2. The van der Waals surface area contributed by atoms with Crippen LogP contribution in [0.15, 0.2) is 48.5 Å². The number of carbonyl (C=O) groups excluding carboxylic acids is 1. The van der Waals surface area contributed by atoms with Gasteiger partial charge in [0.05, 0.1) is 0 Å². The van der Waals surface area contributed by atoms with Gasteiger partial charge in [0.15, 0.2) is 0 Å². The Morgan fingerprint density at radius 2 is 1.80 bits per heavy atom. The largest absolute Gasteiger partial charge is 0.324 e. The number of carbonyl (C=O) groups is 1. The van der Waals surface area contributed by atoms with Crippen LogP contribution in [0.3, 0.4) is 0 Å². The van der Waals surface area contributed by atoms with Gasteiger partial charge >= 0.3 is 0 Å². The molecule has 0 radical (unpaired) electrons. The van der Waals surface area contributed by atoms with Crippen LogP contribution in [0.2, 0.25) is 0 Å². The normalized spacial score (nSPS) is 13.6. The van der Waals surface area contributed by atoms with E-state index in [1.807, 2.05) is 18.2 Å². The first-order valence-corrected chi connectivity index (χ1v) is 6.34. The van der Waals surface area contributed by atoms with Gasteiger partial charge < -0.3 is 11.1 Å². The summed E-state index contributed by atoms with van der Waals surface area (Å²) in [6, 6.07) is 13.6. The number of nitrogens with one attached hydrogen (secondary N) is 1. The third kappa shape index (κ3) is 2.70. The maximum Gasteiger partial charge on any atom is 0.248 e. The minimum Gasteiger partial charge on any atom is -0.324 e. The molecule has 3 nitrogen and oxygen atoms in total. The van der Waals surface area contributed by atoms with E-state index in [1.54, 1.807) is 38.1 Å². The first-order valence-electron chi connectivity index (χ1n) is 6.34. The molecule has 2 rings (SSSR count). The van der Waals surface area contributed by atoms with E-state index in [9.17, 15) is 9.18 Å². The Hall–Kier alpha value is -2.20. The maximum atomic E-state index is 13.5. The van der Waals surface area contributed by atoms with Crippen LogP contribution in [0.1, 0.15) is 18.1 Å². The molecule has 20 heavy (non-hydrogen) atoms. The highest BCUT2D eigenvalue weighted by Crippen LogP contribution is 2.22. The van der Waals surface area contributed by atoms with Crippen LogP contribution in [0.25, 0.3) is 0 Å². The van der Waals surface area contributed by atoms with Crippen LogP contribution >= 0.6 is 0 Å². The Kier molecular flexibility index (Phi) is 3.86. The zero-order valence-electron chi connectivity index (χ0n) is 11.5. The van der Waals surface area contributed by atoms with E-state index < -0.39 is 5.54 Å². The Bertz CT molecular complexity index is 624. The van der Waals surface area contributed by atoms with Gasteiger partial charge in [0.2, 0.25) is 5.91 Å². The highest BCUT2D eigenvalue weighted by Gasteiger charge is 2.30. The molecule has 4 heteroatoms. The SMILES string of the molecule is Cc1c(F)cccc1NC(=O)C(C)(N)c1ccccc1. The van der Waals surface area contributed by atoms with Crippen molar-refractivity contribution in [2.75, 3.05) is 5.32 Å². The minimum absolute atomic E-state index is 0.360. The summed E-state index contributed by atoms with van der Waals surface area (Å²) in [5.41, 5.74) is 6.46. The van der Waals surface area contributed by atoms with E-state index in [-0.39, 0.29) is 11.7 Å². The van der Waals surface area contributed by atoms with Crippen LogP contribution in [0.4, 0.5) is 10.1 Å². The van der Waals surface area contributed by atoms with Crippen LogP contribution in [-0.2, 0) is 10.3 Å². The molecule has 0 aliphatic heterocycles. The molecule has 0 saturated heterocycles. The summed E-state index contributed by atoms with van der Waals surface area (Å²) in [4.78, 5) is 12.3. The van der Waals surface area contributed by atoms with E-state index in [4.69, 9.17) is 5.73 Å². The number of anilines is 1. The van der Waals surface area contributed by atoms with Gasteiger partial charge in [-0.15, -0.1) is 0 Å². The fourth-order valence-corrected chi connectivity index (χ4v) is 1.91. The molecule has 2 aromatic rings. The number of amides is 1. The summed E-state index contributed by atoms with van der Waals surface area (Å²) >= 11 is 0. The molecule has 0 heterocycles. The van der Waals surface area contributed by atoms with E-state index in [2.05, 4.69) is 5.32 Å². The number of nitrogens with two attached hydrogens (primary N) is 1. The molecule has 1 unspecified atom stereocenters.